The van der Waals surface area contributed by atoms with E-state index in [1.165, 1.54) is 16.2 Å². The van der Waals surface area contributed by atoms with E-state index in [4.69, 9.17) is 5.73 Å². The zero-order valence-electron chi connectivity index (χ0n) is 10.9. The van der Waals surface area contributed by atoms with Gasteiger partial charge in [0, 0.05) is 19.1 Å². The third kappa shape index (κ3) is 4.85. The van der Waals surface area contributed by atoms with E-state index in [0.29, 0.717) is 11.4 Å². The molecular weight excluding hydrogens is 250 g/mol. The van der Waals surface area contributed by atoms with Crippen molar-refractivity contribution in [1.82, 2.24) is 10.2 Å². The number of nitrogens with one attached hydrogen (secondary N) is 1. The van der Waals surface area contributed by atoms with Crippen molar-refractivity contribution in [2.24, 2.45) is 5.73 Å². The van der Waals surface area contributed by atoms with Crippen LogP contribution in [0.1, 0.15) is 23.5 Å². The Morgan fingerprint density at radius 2 is 2.17 bits per heavy atom. The molecule has 0 spiro atoms. The minimum Gasteiger partial charge on any atom is -0.353 e. The predicted octanol–water partition coefficient (Wildman–Crippen LogP) is 0.674. The summed E-state index contributed by atoms with van der Waals surface area (Å²) in [6.07, 6.45) is 0. The molecule has 0 aliphatic carbocycles. The van der Waals surface area contributed by atoms with Gasteiger partial charge in [-0.25, -0.2) is 0 Å². The van der Waals surface area contributed by atoms with Gasteiger partial charge in [-0.2, -0.15) is 0 Å². The summed E-state index contributed by atoms with van der Waals surface area (Å²) < 4.78 is 0. The first-order valence-corrected chi connectivity index (χ1v) is 6.52. The van der Waals surface area contributed by atoms with E-state index in [1.54, 1.807) is 13.1 Å². The van der Waals surface area contributed by atoms with Crippen LogP contribution >= 0.6 is 11.3 Å². The Balaban J connectivity index is 2.43. The van der Waals surface area contributed by atoms with Crippen molar-refractivity contribution < 1.29 is 9.59 Å². The maximum absolute atomic E-state index is 11.9. The number of thiophene rings is 1. The molecule has 1 aromatic heterocycles. The lowest BCUT2D eigenvalue weighted by Gasteiger charge is -2.21. The second-order valence-corrected chi connectivity index (χ2v) is 5.85. The van der Waals surface area contributed by atoms with Gasteiger partial charge in [0.05, 0.1) is 11.4 Å². The smallest absolute Gasteiger partial charge is 0.264 e. The first-order valence-electron chi connectivity index (χ1n) is 5.64. The van der Waals surface area contributed by atoms with Gasteiger partial charge in [0.2, 0.25) is 5.91 Å². The standard InChI is InChI=1S/C12H19N3O2S/c1-12(2,13)8-14-10(16)7-15(3)11(17)9-5-4-6-18-9/h4-6H,7-8,13H2,1-3H3,(H,14,16). The van der Waals surface area contributed by atoms with Gasteiger partial charge in [-0.15, -0.1) is 11.3 Å². The SMILES string of the molecule is CN(CC(=O)NCC(C)(C)N)C(=O)c1cccs1. The lowest BCUT2D eigenvalue weighted by Crippen LogP contribution is -2.47. The van der Waals surface area contributed by atoms with Crippen LogP contribution in [0.4, 0.5) is 0 Å². The number of nitrogens with zero attached hydrogens (tertiary/aromatic N) is 1. The number of likely N-dealkylation sites (N-methyl/N-ethyl adjacent to an activating group) is 1. The van der Waals surface area contributed by atoms with E-state index in [1.807, 2.05) is 25.3 Å². The molecule has 100 valence electrons. The van der Waals surface area contributed by atoms with Crippen molar-refractivity contribution in [1.29, 1.82) is 0 Å². The molecule has 3 N–H and O–H groups in total. The molecule has 0 aliphatic heterocycles. The average Bonchev–Trinajstić information content (AvgIpc) is 2.77. The minimum atomic E-state index is -0.452. The summed E-state index contributed by atoms with van der Waals surface area (Å²) in [7, 11) is 1.61. The Kier molecular flexibility index (Phi) is 4.86. The van der Waals surface area contributed by atoms with Crippen LogP contribution < -0.4 is 11.1 Å². The van der Waals surface area contributed by atoms with Crippen molar-refractivity contribution in [2.75, 3.05) is 20.1 Å². The second-order valence-electron chi connectivity index (χ2n) is 4.90. The number of carbonyl (C=O) groups is 2. The van der Waals surface area contributed by atoms with Gasteiger partial charge in [0.1, 0.15) is 0 Å². The number of carbonyl (C=O) groups excluding carboxylic acids is 2. The Labute approximate surface area is 111 Å². The van der Waals surface area contributed by atoms with Crippen LogP contribution in [0.3, 0.4) is 0 Å². The van der Waals surface area contributed by atoms with Gasteiger partial charge in [-0.1, -0.05) is 6.07 Å². The molecule has 0 saturated heterocycles. The molecule has 5 nitrogen and oxygen atoms in total. The Morgan fingerprint density at radius 3 is 2.67 bits per heavy atom. The highest BCUT2D eigenvalue weighted by atomic mass is 32.1. The van der Waals surface area contributed by atoms with Crippen molar-refractivity contribution >= 4 is 23.2 Å². The molecule has 1 rings (SSSR count). The maximum Gasteiger partial charge on any atom is 0.264 e. The van der Waals surface area contributed by atoms with Crippen LogP contribution in [0.15, 0.2) is 17.5 Å². The average molecular weight is 269 g/mol. The highest BCUT2D eigenvalue weighted by Crippen LogP contribution is 2.10. The first kappa shape index (κ1) is 14.7. The number of nitrogens with two attached hydrogens (primary N) is 1. The maximum atomic E-state index is 11.9. The molecule has 0 bridgehead atoms. The van der Waals surface area contributed by atoms with E-state index in [-0.39, 0.29) is 18.4 Å². The fourth-order valence-electron chi connectivity index (χ4n) is 1.26. The van der Waals surface area contributed by atoms with E-state index in [9.17, 15) is 9.59 Å². The molecule has 0 aliphatic rings. The third-order valence-electron chi connectivity index (χ3n) is 2.20. The Hall–Kier alpha value is -1.40. The number of hydrogen-bond acceptors (Lipinski definition) is 4. The van der Waals surface area contributed by atoms with Crippen LogP contribution in [-0.4, -0.2) is 42.4 Å². The van der Waals surface area contributed by atoms with Gasteiger partial charge < -0.3 is 16.0 Å². The van der Waals surface area contributed by atoms with Gasteiger partial charge in [-0.3, -0.25) is 9.59 Å². The molecular formula is C12H19N3O2S. The summed E-state index contributed by atoms with van der Waals surface area (Å²) in [6, 6.07) is 3.55. The molecule has 0 fully saturated rings. The van der Waals surface area contributed by atoms with Crippen molar-refractivity contribution in [3.05, 3.63) is 22.4 Å². The number of hydrogen-bond donors (Lipinski definition) is 2. The summed E-state index contributed by atoms with van der Waals surface area (Å²) >= 11 is 1.36. The normalized spacial score (nSPS) is 11.1. The largest absolute Gasteiger partial charge is 0.353 e. The van der Waals surface area contributed by atoms with Crippen LogP contribution in [0.2, 0.25) is 0 Å². The van der Waals surface area contributed by atoms with Crippen molar-refractivity contribution in [2.45, 2.75) is 19.4 Å². The summed E-state index contributed by atoms with van der Waals surface area (Å²) in [5.41, 5.74) is 5.31. The molecule has 18 heavy (non-hydrogen) atoms. The molecule has 0 unspecified atom stereocenters. The fourth-order valence-corrected chi connectivity index (χ4v) is 1.98. The predicted molar refractivity (Wildman–Crippen MR) is 72.6 cm³/mol. The molecule has 0 aromatic carbocycles. The summed E-state index contributed by atoms with van der Waals surface area (Å²) in [5.74, 6) is -0.354. The molecule has 6 heteroatoms. The Bertz CT molecular complexity index is 409. The highest BCUT2D eigenvalue weighted by molar-refractivity contribution is 7.12. The topological polar surface area (TPSA) is 75.4 Å². The van der Waals surface area contributed by atoms with Crippen LogP contribution in [0.25, 0.3) is 0 Å². The van der Waals surface area contributed by atoms with Crippen LogP contribution in [0.5, 0.6) is 0 Å². The van der Waals surface area contributed by atoms with Gasteiger partial charge in [-0.05, 0) is 25.3 Å². The highest BCUT2D eigenvalue weighted by Gasteiger charge is 2.17. The van der Waals surface area contributed by atoms with Gasteiger partial charge in [0.25, 0.3) is 5.91 Å². The van der Waals surface area contributed by atoms with E-state index in [0.717, 1.165) is 0 Å². The molecule has 1 aromatic rings. The quantitative estimate of drug-likeness (QED) is 0.825. The second kappa shape index (κ2) is 5.97. The van der Waals surface area contributed by atoms with E-state index >= 15 is 0 Å². The van der Waals surface area contributed by atoms with Crippen molar-refractivity contribution in [3.8, 4) is 0 Å². The lowest BCUT2D eigenvalue weighted by molar-refractivity contribution is -0.121. The van der Waals surface area contributed by atoms with Crippen molar-refractivity contribution in [3.63, 3.8) is 0 Å². The summed E-state index contributed by atoms with van der Waals surface area (Å²) in [5, 5.41) is 4.53. The van der Waals surface area contributed by atoms with Gasteiger partial charge >= 0.3 is 0 Å². The van der Waals surface area contributed by atoms with E-state index < -0.39 is 5.54 Å². The van der Waals surface area contributed by atoms with Gasteiger partial charge in [0.15, 0.2) is 0 Å². The monoisotopic (exact) mass is 269 g/mol. The first-order chi connectivity index (χ1) is 8.29. The fraction of sp³-hybridized carbons (Fsp3) is 0.500. The lowest BCUT2D eigenvalue weighted by atomic mass is 10.1. The molecule has 1 heterocycles. The molecule has 2 amide bonds. The summed E-state index contributed by atoms with van der Waals surface area (Å²) in [4.78, 5) is 25.5. The number of rotatable bonds is 5. The molecule has 0 radical (unpaired) electrons. The zero-order chi connectivity index (χ0) is 13.8. The zero-order valence-corrected chi connectivity index (χ0v) is 11.7. The summed E-state index contributed by atoms with van der Waals surface area (Å²) in [6.45, 7) is 4.07. The molecule has 0 saturated carbocycles. The van der Waals surface area contributed by atoms with E-state index in [2.05, 4.69) is 5.32 Å². The Morgan fingerprint density at radius 1 is 1.50 bits per heavy atom. The third-order valence-corrected chi connectivity index (χ3v) is 3.06. The molecule has 0 atom stereocenters. The van der Waals surface area contributed by atoms with Crippen LogP contribution in [-0.2, 0) is 4.79 Å². The number of amides is 2. The minimum absolute atomic E-state index is 0.0345. The van der Waals surface area contributed by atoms with Crippen LogP contribution in [0, 0.1) is 0 Å².